The maximum Gasteiger partial charge on any atom is 0.313 e. The van der Waals surface area contributed by atoms with Crippen molar-refractivity contribution in [2.45, 2.75) is 12.5 Å². The molecule has 1 aromatic rings. The first-order chi connectivity index (χ1) is 9.34. The quantitative estimate of drug-likeness (QED) is 0.709. The molecule has 0 bridgehead atoms. The molecule has 1 rings (SSSR count). The molecule has 0 spiro atoms. The third kappa shape index (κ3) is 5.58. The lowest BCUT2D eigenvalue weighted by atomic mass is 10.1. The highest BCUT2D eigenvalue weighted by Gasteiger charge is 2.22. The number of thioether (sulfide) groups is 1. The summed E-state index contributed by atoms with van der Waals surface area (Å²) in [7, 11) is 0. The standard InChI is InChI=1S/C13H17FN2O3S/c1-13(19,8-20-2)7-15-11(17)12(18)16-10-5-3-4-9(14)6-10/h3-6,19H,7-8H2,1-2H3,(H,15,17)(H,16,18). The van der Waals surface area contributed by atoms with Crippen LogP contribution in [0.1, 0.15) is 6.92 Å². The first-order valence-electron chi connectivity index (χ1n) is 5.90. The number of amides is 2. The van der Waals surface area contributed by atoms with Crippen molar-refractivity contribution >= 4 is 29.3 Å². The Kier molecular flexibility index (Phi) is 5.97. The first kappa shape index (κ1) is 16.5. The van der Waals surface area contributed by atoms with Crippen molar-refractivity contribution in [1.29, 1.82) is 0 Å². The fraction of sp³-hybridized carbons (Fsp3) is 0.385. The zero-order valence-electron chi connectivity index (χ0n) is 11.3. The highest BCUT2D eigenvalue weighted by atomic mass is 32.2. The van der Waals surface area contributed by atoms with Crippen LogP contribution in [-0.2, 0) is 9.59 Å². The van der Waals surface area contributed by atoms with Crippen LogP contribution in [0, 0.1) is 5.82 Å². The molecule has 1 unspecified atom stereocenters. The van der Waals surface area contributed by atoms with E-state index in [2.05, 4.69) is 10.6 Å². The topological polar surface area (TPSA) is 78.4 Å². The zero-order chi connectivity index (χ0) is 15.2. The molecule has 0 heterocycles. The van der Waals surface area contributed by atoms with E-state index in [4.69, 9.17) is 0 Å². The average molecular weight is 300 g/mol. The molecular weight excluding hydrogens is 283 g/mol. The summed E-state index contributed by atoms with van der Waals surface area (Å²) in [6.45, 7) is 1.53. The van der Waals surface area contributed by atoms with Crippen LogP contribution >= 0.6 is 11.8 Å². The number of carbonyl (C=O) groups is 2. The molecule has 0 aliphatic rings. The molecule has 0 aromatic heterocycles. The van der Waals surface area contributed by atoms with Crippen molar-refractivity contribution in [3.05, 3.63) is 30.1 Å². The van der Waals surface area contributed by atoms with Gasteiger partial charge in [-0.3, -0.25) is 9.59 Å². The molecule has 110 valence electrons. The Morgan fingerprint density at radius 1 is 1.40 bits per heavy atom. The number of hydrogen-bond donors (Lipinski definition) is 3. The van der Waals surface area contributed by atoms with E-state index in [1.807, 2.05) is 6.26 Å². The van der Waals surface area contributed by atoms with Crippen LogP contribution in [0.4, 0.5) is 10.1 Å². The Hall–Kier alpha value is -1.60. The van der Waals surface area contributed by atoms with Crippen molar-refractivity contribution in [3.63, 3.8) is 0 Å². The van der Waals surface area contributed by atoms with Gasteiger partial charge in [0.05, 0.1) is 5.60 Å². The van der Waals surface area contributed by atoms with Gasteiger partial charge in [-0.2, -0.15) is 11.8 Å². The molecule has 0 saturated carbocycles. The number of hydrogen-bond acceptors (Lipinski definition) is 4. The van der Waals surface area contributed by atoms with E-state index in [9.17, 15) is 19.1 Å². The summed E-state index contributed by atoms with van der Waals surface area (Å²) in [6, 6.07) is 5.23. The van der Waals surface area contributed by atoms with E-state index in [0.717, 1.165) is 6.07 Å². The second kappa shape index (κ2) is 7.25. The van der Waals surface area contributed by atoms with Crippen LogP contribution in [0.2, 0.25) is 0 Å². The second-order valence-corrected chi connectivity index (χ2v) is 5.44. The summed E-state index contributed by atoms with van der Waals surface area (Å²) >= 11 is 1.43. The number of carbonyl (C=O) groups excluding carboxylic acids is 2. The van der Waals surface area contributed by atoms with Gasteiger partial charge in [0.1, 0.15) is 5.82 Å². The van der Waals surface area contributed by atoms with Crippen LogP contribution in [-0.4, -0.2) is 41.1 Å². The Balaban J connectivity index is 2.50. The second-order valence-electron chi connectivity index (χ2n) is 4.58. The lowest BCUT2D eigenvalue weighted by molar-refractivity contribution is -0.136. The average Bonchev–Trinajstić information content (AvgIpc) is 2.36. The van der Waals surface area contributed by atoms with Gasteiger partial charge < -0.3 is 15.7 Å². The highest BCUT2D eigenvalue weighted by molar-refractivity contribution is 7.98. The Morgan fingerprint density at radius 2 is 2.10 bits per heavy atom. The van der Waals surface area contributed by atoms with E-state index in [1.165, 1.54) is 30.0 Å². The summed E-state index contributed by atoms with van der Waals surface area (Å²) in [4.78, 5) is 23.1. The largest absolute Gasteiger partial charge is 0.387 e. The minimum absolute atomic E-state index is 0.0384. The van der Waals surface area contributed by atoms with Crippen LogP contribution < -0.4 is 10.6 Å². The molecule has 0 aliphatic carbocycles. The third-order valence-corrected chi connectivity index (χ3v) is 3.28. The first-order valence-corrected chi connectivity index (χ1v) is 7.29. The van der Waals surface area contributed by atoms with Crippen LogP contribution in [0.3, 0.4) is 0 Å². The van der Waals surface area contributed by atoms with Gasteiger partial charge in [0.25, 0.3) is 0 Å². The fourth-order valence-electron chi connectivity index (χ4n) is 1.47. The number of benzene rings is 1. The lowest BCUT2D eigenvalue weighted by Crippen LogP contribution is -2.45. The van der Waals surface area contributed by atoms with Gasteiger partial charge in [0.15, 0.2) is 0 Å². The van der Waals surface area contributed by atoms with E-state index in [1.54, 1.807) is 6.92 Å². The normalized spacial score (nSPS) is 13.4. The van der Waals surface area contributed by atoms with E-state index in [-0.39, 0.29) is 12.2 Å². The zero-order valence-corrected chi connectivity index (χ0v) is 12.1. The minimum atomic E-state index is -1.09. The van der Waals surface area contributed by atoms with Gasteiger partial charge >= 0.3 is 11.8 Å². The minimum Gasteiger partial charge on any atom is -0.387 e. The summed E-state index contributed by atoms with van der Waals surface area (Å²) in [5.41, 5.74) is -0.894. The SMILES string of the molecule is CSCC(C)(O)CNC(=O)C(=O)Nc1cccc(F)c1. The Bertz CT molecular complexity index is 494. The Morgan fingerprint density at radius 3 is 2.70 bits per heavy atom. The fourth-order valence-corrected chi connectivity index (χ4v) is 2.19. The van der Waals surface area contributed by atoms with Gasteiger partial charge in [-0.1, -0.05) is 6.07 Å². The lowest BCUT2D eigenvalue weighted by Gasteiger charge is -2.22. The highest BCUT2D eigenvalue weighted by Crippen LogP contribution is 2.10. The number of anilines is 1. The molecule has 20 heavy (non-hydrogen) atoms. The van der Waals surface area contributed by atoms with Gasteiger partial charge in [-0.15, -0.1) is 0 Å². The Labute approximate surface area is 120 Å². The van der Waals surface area contributed by atoms with Crippen LogP contribution in [0.15, 0.2) is 24.3 Å². The predicted molar refractivity (Wildman–Crippen MR) is 77.0 cm³/mol. The third-order valence-electron chi connectivity index (χ3n) is 2.37. The molecule has 0 saturated heterocycles. The number of halogens is 1. The van der Waals surface area contributed by atoms with Crippen LogP contribution in [0.25, 0.3) is 0 Å². The molecule has 0 radical (unpaired) electrons. The van der Waals surface area contributed by atoms with Gasteiger partial charge in [0, 0.05) is 18.0 Å². The van der Waals surface area contributed by atoms with Crippen molar-refractivity contribution in [1.82, 2.24) is 5.32 Å². The molecule has 3 N–H and O–H groups in total. The molecule has 7 heteroatoms. The van der Waals surface area contributed by atoms with Crippen molar-refractivity contribution in [2.24, 2.45) is 0 Å². The maximum absolute atomic E-state index is 12.9. The molecule has 1 atom stereocenters. The van der Waals surface area contributed by atoms with E-state index in [0.29, 0.717) is 5.75 Å². The summed E-state index contributed by atoms with van der Waals surface area (Å²) in [5.74, 6) is -1.86. The summed E-state index contributed by atoms with van der Waals surface area (Å²) in [6.07, 6.45) is 1.83. The van der Waals surface area contributed by atoms with Crippen molar-refractivity contribution in [2.75, 3.05) is 23.9 Å². The monoisotopic (exact) mass is 300 g/mol. The maximum atomic E-state index is 12.9. The van der Waals surface area contributed by atoms with Gasteiger partial charge in [-0.05, 0) is 31.4 Å². The number of rotatable bonds is 5. The molecule has 0 fully saturated rings. The molecule has 0 aliphatic heterocycles. The van der Waals surface area contributed by atoms with Crippen LogP contribution in [0.5, 0.6) is 0 Å². The summed E-state index contributed by atoms with van der Waals surface area (Å²) < 4.78 is 12.9. The molecular formula is C13H17FN2O3S. The van der Waals surface area contributed by atoms with Gasteiger partial charge in [0.2, 0.25) is 0 Å². The number of nitrogens with one attached hydrogen (secondary N) is 2. The summed E-state index contributed by atoms with van der Waals surface area (Å²) in [5, 5.41) is 14.5. The molecule has 2 amide bonds. The van der Waals surface area contributed by atoms with Crippen molar-refractivity contribution in [3.8, 4) is 0 Å². The van der Waals surface area contributed by atoms with E-state index < -0.39 is 23.2 Å². The smallest absolute Gasteiger partial charge is 0.313 e. The van der Waals surface area contributed by atoms with Crippen molar-refractivity contribution < 1.29 is 19.1 Å². The number of aliphatic hydroxyl groups is 1. The molecule has 5 nitrogen and oxygen atoms in total. The van der Waals surface area contributed by atoms with E-state index >= 15 is 0 Å². The predicted octanol–water partition coefficient (Wildman–Crippen LogP) is 0.994. The molecule has 1 aromatic carbocycles. The van der Waals surface area contributed by atoms with Gasteiger partial charge in [-0.25, -0.2) is 4.39 Å².